The van der Waals surface area contributed by atoms with Gasteiger partial charge in [0, 0.05) is 17.6 Å². The molecule has 20 heavy (non-hydrogen) atoms. The normalized spacial score (nSPS) is 18.8. The van der Waals surface area contributed by atoms with Crippen LogP contribution in [0.15, 0.2) is 28.7 Å². The van der Waals surface area contributed by atoms with Crippen molar-refractivity contribution >= 4 is 21.8 Å². The first-order valence-corrected chi connectivity index (χ1v) is 7.94. The third kappa shape index (κ3) is 3.23. The van der Waals surface area contributed by atoms with Gasteiger partial charge in [-0.2, -0.15) is 0 Å². The van der Waals surface area contributed by atoms with Crippen LogP contribution >= 0.6 is 15.9 Å². The van der Waals surface area contributed by atoms with Crippen LogP contribution in [0, 0.1) is 0 Å². The lowest BCUT2D eigenvalue weighted by Gasteiger charge is -2.30. The lowest BCUT2D eigenvalue weighted by molar-refractivity contribution is -0.127. The molecule has 3 nitrogen and oxygen atoms in total. The zero-order valence-corrected chi connectivity index (χ0v) is 13.7. The number of carbonyl (C=O) groups is 1. The number of hydrogen-bond acceptors (Lipinski definition) is 2. The van der Waals surface area contributed by atoms with Gasteiger partial charge in [-0.3, -0.25) is 4.79 Å². The molecule has 0 spiro atoms. The van der Waals surface area contributed by atoms with Gasteiger partial charge in [0.2, 0.25) is 5.91 Å². The van der Waals surface area contributed by atoms with Gasteiger partial charge in [0.15, 0.2) is 0 Å². The van der Waals surface area contributed by atoms with Gasteiger partial charge >= 0.3 is 0 Å². The van der Waals surface area contributed by atoms with Crippen molar-refractivity contribution in [2.75, 3.05) is 13.7 Å². The molecule has 1 N–H and O–H groups in total. The first-order chi connectivity index (χ1) is 9.58. The van der Waals surface area contributed by atoms with E-state index in [4.69, 9.17) is 4.74 Å². The highest BCUT2D eigenvalue weighted by molar-refractivity contribution is 9.10. The minimum absolute atomic E-state index is 0.0421. The van der Waals surface area contributed by atoms with Crippen LogP contribution in [0.2, 0.25) is 0 Å². The third-order valence-corrected chi connectivity index (χ3v) is 4.61. The number of amides is 1. The van der Waals surface area contributed by atoms with Crippen molar-refractivity contribution in [3.63, 3.8) is 0 Å². The quantitative estimate of drug-likeness (QED) is 0.892. The number of methoxy groups -OCH3 is 1. The van der Waals surface area contributed by atoms with Crippen molar-refractivity contribution in [1.82, 2.24) is 5.32 Å². The molecular formula is C16H22BrNO2. The fourth-order valence-corrected chi connectivity index (χ4v) is 3.31. The lowest BCUT2D eigenvalue weighted by atomic mass is 9.78. The van der Waals surface area contributed by atoms with E-state index in [2.05, 4.69) is 33.4 Å². The van der Waals surface area contributed by atoms with Crippen LogP contribution < -0.4 is 5.32 Å². The second-order valence-corrected chi connectivity index (χ2v) is 6.54. The summed E-state index contributed by atoms with van der Waals surface area (Å²) in [5, 5.41) is 3.10. The number of rotatable bonds is 5. The van der Waals surface area contributed by atoms with Crippen LogP contribution in [-0.2, 0) is 14.9 Å². The molecule has 0 aliphatic heterocycles. The molecule has 1 aromatic carbocycles. The highest BCUT2D eigenvalue weighted by Crippen LogP contribution is 2.41. The van der Waals surface area contributed by atoms with E-state index < -0.39 is 0 Å². The van der Waals surface area contributed by atoms with Gasteiger partial charge in [0.05, 0.1) is 12.0 Å². The zero-order chi connectivity index (χ0) is 14.6. The van der Waals surface area contributed by atoms with E-state index in [0.717, 1.165) is 35.7 Å². The average Bonchev–Trinajstić information content (AvgIpc) is 2.90. The average molecular weight is 340 g/mol. The maximum Gasteiger partial charge on any atom is 0.230 e. The summed E-state index contributed by atoms with van der Waals surface area (Å²) in [7, 11) is 1.66. The first kappa shape index (κ1) is 15.5. The predicted octanol–water partition coefficient (Wildman–Crippen LogP) is 3.41. The monoisotopic (exact) mass is 339 g/mol. The molecule has 1 fully saturated rings. The van der Waals surface area contributed by atoms with Crippen molar-refractivity contribution < 1.29 is 9.53 Å². The van der Waals surface area contributed by atoms with E-state index in [0.29, 0.717) is 6.61 Å². The van der Waals surface area contributed by atoms with Crippen molar-refractivity contribution in [2.24, 2.45) is 0 Å². The van der Waals surface area contributed by atoms with E-state index in [1.165, 1.54) is 0 Å². The molecule has 0 aromatic heterocycles. The molecule has 0 heterocycles. The Morgan fingerprint density at radius 3 is 2.50 bits per heavy atom. The minimum Gasteiger partial charge on any atom is -0.383 e. The predicted molar refractivity (Wildman–Crippen MR) is 83.8 cm³/mol. The molecule has 1 amide bonds. The molecule has 1 aliphatic carbocycles. The van der Waals surface area contributed by atoms with Gasteiger partial charge < -0.3 is 10.1 Å². The number of halogens is 1. The SMILES string of the molecule is COCC(C)NC(=O)C1(c2ccc(Br)cc2)CCCC1. The van der Waals surface area contributed by atoms with E-state index in [9.17, 15) is 4.79 Å². The molecular weight excluding hydrogens is 318 g/mol. The second-order valence-electron chi connectivity index (χ2n) is 5.63. The number of ether oxygens (including phenoxy) is 1. The largest absolute Gasteiger partial charge is 0.383 e. The summed E-state index contributed by atoms with van der Waals surface area (Å²) in [6.07, 6.45) is 4.09. The summed E-state index contributed by atoms with van der Waals surface area (Å²) in [5.41, 5.74) is 0.767. The van der Waals surface area contributed by atoms with Crippen LogP contribution in [0.1, 0.15) is 38.2 Å². The van der Waals surface area contributed by atoms with Gasteiger partial charge in [-0.05, 0) is 37.5 Å². The Balaban J connectivity index is 2.21. The number of carbonyl (C=O) groups excluding carboxylic acids is 1. The third-order valence-electron chi connectivity index (χ3n) is 4.08. The van der Waals surface area contributed by atoms with E-state index in [1.54, 1.807) is 7.11 Å². The van der Waals surface area contributed by atoms with Crippen LogP contribution in [0.4, 0.5) is 0 Å². The fourth-order valence-electron chi connectivity index (χ4n) is 3.05. The Morgan fingerprint density at radius 1 is 1.35 bits per heavy atom. The number of nitrogens with one attached hydrogen (secondary N) is 1. The molecule has 1 saturated carbocycles. The molecule has 1 atom stereocenters. The molecule has 2 rings (SSSR count). The van der Waals surface area contributed by atoms with Gasteiger partial charge in [-0.25, -0.2) is 0 Å². The van der Waals surface area contributed by atoms with Gasteiger partial charge in [0.1, 0.15) is 0 Å². The summed E-state index contributed by atoms with van der Waals surface area (Å²) >= 11 is 3.45. The Morgan fingerprint density at radius 2 is 1.95 bits per heavy atom. The van der Waals surface area contributed by atoms with Crippen LogP contribution in [0.5, 0.6) is 0 Å². The van der Waals surface area contributed by atoms with Crippen molar-refractivity contribution in [1.29, 1.82) is 0 Å². The maximum atomic E-state index is 12.8. The van der Waals surface area contributed by atoms with Crippen molar-refractivity contribution in [3.05, 3.63) is 34.3 Å². The molecule has 4 heteroatoms. The molecule has 1 aliphatic rings. The smallest absolute Gasteiger partial charge is 0.230 e. The van der Waals surface area contributed by atoms with Crippen LogP contribution in [0.3, 0.4) is 0 Å². The van der Waals surface area contributed by atoms with Gasteiger partial charge in [0.25, 0.3) is 0 Å². The molecule has 1 aromatic rings. The molecule has 0 bridgehead atoms. The molecule has 0 radical (unpaired) electrons. The number of benzene rings is 1. The summed E-state index contributed by atoms with van der Waals surface area (Å²) in [5.74, 6) is 0.141. The van der Waals surface area contributed by atoms with Crippen LogP contribution in [0.25, 0.3) is 0 Å². The standard InChI is InChI=1S/C16H22BrNO2/c1-12(11-20-2)18-15(19)16(9-3-4-10-16)13-5-7-14(17)8-6-13/h5-8,12H,3-4,9-11H2,1-2H3,(H,18,19). The second kappa shape index (κ2) is 6.72. The Labute approximate surface area is 129 Å². The highest BCUT2D eigenvalue weighted by Gasteiger charge is 2.42. The number of hydrogen-bond donors (Lipinski definition) is 1. The lowest BCUT2D eigenvalue weighted by Crippen LogP contribution is -2.47. The summed E-state index contributed by atoms with van der Waals surface area (Å²) < 4.78 is 6.14. The zero-order valence-electron chi connectivity index (χ0n) is 12.1. The summed E-state index contributed by atoms with van der Waals surface area (Å²) in [4.78, 5) is 12.8. The molecule has 1 unspecified atom stereocenters. The Hall–Kier alpha value is -0.870. The van der Waals surface area contributed by atoms with Gasteiger partial charge in [-0.1, -0.05) is 40.9 Å². The fraction of sp³-hybridized carbons (Fsp3) is 0.562. The van der Waals surface area contributed by atoms with E-state index in [-0.39, 0.29) is 17.4 Å². The topological polar surface area (TPSA) is 38.3 Å². The maximum absolute atomic E-state index is 12.8. The minimum atomic E-state index is -0.358. The first-order valence-electron chi connectivity index (χ1n) is 7.14. The van der Waals surface area contributed by atoms with E-state index in [1.807, 2.05) is 19.1 Å². The Kier molecular flexibility index (Phi) is 5.22. The summed E-state index contributed by atoms with van der Waals surface area (Å²) in [6.45, 7) is 2.52. The molecule has 0 saturated heterocycles. The van der Waals surface area contributed by atoms with E-state index >= 15 is 0 Å². The molecule has 110 valence electrons. The van der Waals surface area contributed by atoms with Crippen molar-refractivity contribution in [3.8, 4) is 0 Å². The highest BCUT2D eigenvalue weighted by atomic mass is 79.9. The van der Waals surface area contributed by atoms with Gasteiger partial charge in [-0.15, -0.1) is 0 Å². The Bertz CT molecular complexity index is 452. The van der Waals surface area contributed by atoms with Crippen molar-refractivity contribution in [2.45, 2.75) is 44.1 Å². The van der Waals surface area contributed by atoms with Crippen LogP contribution in [-0.4, -0.2) is 25.7 Å². The summed E-state index contributed by atoms with van der Waals surface area (Å²) in [6, 6.07) is 8.20.